The molecule has 0 saturated carbocycles. The second kappa shape index (κ2) is 4.73. The molecule has 0 bridgehead atoms. The van der Waals surface area contributed by atoms with Gasteiger partial charge < -0.3 is 0 Å². The molecule has 2 heteroatoms. The van der Waals surface area contributed by atoms with E-state index in [9.17, 15) is 0 Å². The summed E-state index contributed by atoms with van der Waals surface area (Å²) in [5.74, 6) is 0.597. The van der Waals surface area contributed by atoms with Gasteiger partial charge in [0.05, 0.1) is 5.60 Å². The van der Waals surface area contributed by atoms with Crippen LogP contribution in [0.2, 0.25) is 0 Å². The lowest BCUT2D eigenvalue weighted by Gasteiger charge is -2.30. The number of nitrogens with one attached hydrogen (secondary N) is 1. The molecule has 11 heavy (non-hydrogen) atoms. The fourth-order valence-corrected chi connectivity index (χ4v) is 1.14. The summed E-state index contributed by atoms with van der Waals surface area (Å²) in [7, 11) is 1.81. The molecule has 0 rings (SSSR count). The van der Waals surface area contributed by atoms with E-state index in [0.717, 1.165) is 0 Å². The van der Waals surface area contributed by atoms with Crippen LogP contribution in [-0.4, -0.2) is 12.6 Å². The maximum atomic E-state index is 5.39. The van der Waals surface area contributed by atoms with Crippen molar-refractivity contribution < 1.29 is 4.84 Å². The highest BCUT2D eigenvalue weighted by Crippen LogP contribution is 2.23. The van der Waals surface area contributed by atoms with Crippen LogP contribution < -0.4 is 5.48 Å². The molecule has 0 aliphatic heterocycles. The van der Waals surface area contributed by atoms with Gasteiger partial charge in [-0.15, -0.1) is 0 Å². The van der Waals surface area contributed by atoms with Crippen molar-refractivity contribution in [3.05, 3.63) is 0 Å². The van der Waals surface area contributed by atoms with Crippen LogP contribution in [0, 0.1) is 5.92 Å². The minimum absolute atomic E-state index is 0.0508. The van der Waals surface area contributed by atoms with Gasteiger partial charge in [-0.25, -0.2) is 5.48 Å². The molecule has 0 aliphatic rings. The van der Waals surface area contributed by atoms with E-state index in [-0.39, 0.29) is 5.60 Å². The van der Waals surface area contributed by atoms with Crippen molar-refractivity contribution in [2.45, 2.75) is 46.1 Å². The van der Waals surface area contributed by atoms with Gasteiger partial charge in [0, 0.05) is 7.05 Å². The minimum Gasteiger partial charge on any atom is -0.296 e. The van der Waals surface area contributed by atoms with Crippen molar-refractivity contribution in [3.63, 3.8) is 0 Å². The highest BCUT2D eigenvalue weighted by molar-refractivity contribution is 4.74. The summed E-state index contributed by atoms with van der Waals surface area (Å²) in [5, 5.41) is 0. The summed E-state index contributed by atoms with van der Waals surface area (Å²) in [6, 6.07) is 0. The van der Waals surface area contributed by atoms with E-state index in [1.54, 1.807) is 7.05 Å². The lowest BCUT2D eigenvalue weighted by molar-refractivity contribution is -0.106. The van der Waals surface area contributed by atoms with Gasteiger partial charge in [-0.1, -0.05) is 20.3 Å². The van der Waals surface area contributed by atoms with Crippen molar-refractivity contribution in [2.75, 3.05) is 7.05 Å². The zero-order valence-corrected chi connectivity index (χ0v) is 8.40. The number of hydroxylamine groups is 1. The van der Waals surface area contributed by atoms with E-state index in [2.05, 4.69) is 33.2 Å². The van der Waals surface area contributed by atoms with Crippen molar-refractivity contribution in [3.8, 4) is 0 Å². The molecule has 0 spiro atoms. The van der Waals surface area contributed by atoms with Crippen LogP contribution in [0.4, 0.5) is 0 Å². The van der Waals surface area contributed by atoms with Gasteiger partial charge in [0.2, 0.25) is 0 Å². The fourth-order valence-electron chi connectivity index (χ4n) is 1.14. The lowest BCUT2D eigenvalue weighted by atomic mass is 9.89. The molecule has 0 amide bonds. The maximum Gasteiger partial charge on any atom is 0.0866 e. The molecule has 0 aromatic carbocycles. The zero-order valence-electron chi connectivity index (χ0n) is 8.40. The summed E-state index contributed by atoms with van der Waals surface area (Å²) in [6.07, 6.45) is 2.44. The first kappa shape index (κ1) is 10.9. The van der Waals surface area contributed by atoms with Crippen molar-refractivity contribution in [1.29, 1.82) is 0 Å². The van der Waals surface area contributed by atoms with Gasteiger partial charge in [-0.05, 0) is 26.2 Å². The van der Waals surface area contributed by atoms with Crippen LogP contribution in [0.1, 0.15) is 40.5 Å². The van der Waals surface area contributed by atoms with Gasteiger partial charge in [0.15, 0.2) is 0 Å². The van der Waals surface area contributed by atoms with Gasteiger partial charge in [-0.3, -0.25) is 4.84 Å². The van der Waals surface area contributed by atoms with E-state index in [4.69, 9.17) is 4.84 Å². The summed E-state index contributed by atoms with van der Waals surface area (Å²) >= 11 is 0. The maximum absolute atomic E-state index is 5.39. The van der Waals surface area contributed by atoms with Gasteiger partial charge in [0.1, 0.15) is 0 Å². The SMILES string of the molecule is CCC[C@@H](C)C(C)(C)ONC. The average Bonchev–Trinajstić information content (AvgIpc) is 1.88. The lowest BCUT2D eigenvalue weighted by Crippen LogP contribution is -2.36. The molecule has 0 aromatic rings. The Morgan fingerprint density at radius 2 is 2.00 bits per heavy atom. The zero-order chi connectivity index (χ0) is 8.91. The molecule has 0 aromatic heterocycles. The van der Waals surface area contributed by atoms with Gasteiger partial charge in [-0.2, -0.15) is 0 Å². The number of rotatable bonds is 5. The molecule has 0 aliphatic carbocycles. The largest absolute Gasteiger partial charge is 0.296 e. The van der Waals surface area contributed by atoms with Crippen LogP contribution in [0.25, 0.3) is 0 Å². The quantitative estimate of drug-likeness (QED) is 0.622. The Bertz CT molecular complexity index is 102. The molecule has 68 valence electrons. The first-order chi connectivity index (χ1) is 5.04. The molecule has 2 nitrogen and oxygen atoms in total. The van der Waals surface area contributed by atoms with E-state index in [0.29, 0.717) is 5.92 Å². The van der Waals surface area contributed by atoms with E-state index >= 15 is 0 Å². The van der Waals surface area contributed by atoms with Gasteiger partial charge >= 0.3 is 0 Å². The molecule has 0 radical (unpaired) electrons. The molecule has 0 fully saturated rings. The first-order valence-corrected chi connectivity index (χ1v) is 4.39. The smallest absolute Gasteiger partial charge is 0.0866 e. The standard InChI is InChI=1S/C9H21NO/c1-6-7-8(2)9(3,4)11-10-5/h8,10H,6-7H2,1-5H3/t8-/m1/s1. The van der Waals surface area contributed by atoms with E-state index < -0.39 is 0 Å². The first-order valence-electron chi connectivity index (χ1n) is 4.39. The van der Waals surface area contributed by atoms with Crippen LogP contribution in [-0.2, 0) is 4.84 Å². The monoisotopic (exact) mass is 159 g/mol. The Hall–Kier alpha value is -0.0800. The fraction of sp³-hybridized carbons (Fsp3) is 1.00. The molecular weight excluding hydrogens is 138 g/mol. The summed E-state index contributed by atoms with van der Waals surface area (Å²) < 4.78 is 0. The summed E-state index contributed by atoms with van der Waals surface area (Å²) in [6.45, 7) is 8.65. The van der Waals surface area contributed by atoms with Crippen LogP contribution in [0.5, 0.6) is 0 Å². The van der Waals surface area contributed by atoms with Gasteiger partial charge in [0.25, 0.3) is 0 Å². The second-order valence-corrected chi connectivity index (χ2v) is 3.60. The molecule has 1 N–H and O–H groups in total. The predicted octanol–water partition coefficient (Wildman–Crippen LogP) is 2.35. The Morgan fingerprint density at radius 1 is 1.45 bits per heavy atom. The van der Waals surface area contributed by atoms with Crippen molar-refractivity contribution in [1.82, 2.24) is 5.48 Å². The van der Waals surface area contributed by atoms with E-state index in [1.807, 2.05) is 0 Å². The second-order valence-electron chi connectivity index (χ2n) is 3.60. The molecule has 0 heterocycles. The Morgan fingerprint density at radius 3 is 2.36 bits per heavy atom. The van der Waals surface area contributed by atoms with Crippen LogP contribution >= 0.6 is 0 Å². The Kier molecular flexibility index (Phi) is 4.69. The topological polar surface area (TPSA) is 21.3 Å². The highest BCUT2D eigenvalue weighted by atomic mass is 16.7. The molecule has 0 unspecified atom stereocenters. The Labute approximate surface area is 70.3 Å². The highest BCUT2D eigenvalue weighted by Gasteiger charge is 2.25. The molecular formula is C9H21NO. The van der Waals surface area contributed by atoms with Crippen molar-refractivity contribution in [2.24, 2.45) is 5.92 Å². The van der Waals surface area contributed by atoms with Crippen molar-refractivity contribution >= 4 is 0 Å². The third-order valence-electron chi connectivity index (χ3n) is 2.27. The average molecular weight is 159 g/mol. The molecule has 1 atom stereocenters. The van der Waals surface area contributed by atoms with Crippen LogP contribution in [0.15, 0.2) is 0 Å². The summed E-state index contributed by atoms with van der Waals surface area (Å²) in [4.78, 5) is 5.39. The predicted molar refractivity (Wildman–Crippen MR) is 48.3 cm³/mol. The van der Waals surface area contributed by atoms with Crippen LogP contribution in [0.3, 0.4) is 0 Å². The third-order valence-corrected chi connectivity index (χ3v) is 2.27. The molecule has 0 saturated heterocycles. The number of hydrogen-bond donors (Lipinski definition) is 1. The summed E-state index contributed by atoms with van der Waals surface area (Å²) in [5.41, 5.74) is 2.70. The van der Waals surface area contributed by atoms with E-state index in [1.165, 1.54) is 12.8 Å². The number of hydrogen-bond acceptors (Lipinski definition) is 2. The Balaban J connectivity index is 3.83. The third kappa shape index (κ3) is 3.73. The minimum atomic E-state index is -0.0508. The normalized spacial score (nSPS) is 15.0.